The molecular formula is C21H14N4O4S. The number of aryl methyl sites for hydroxylation is 2. The van der Waals surface area contributed by atoms with Crippen molar-refractivity contribution in [1.29, 1.82) is 0 Å². The van der Waals surface area contributed by atoms with Crippen LogP contribution in [0.25, 0.3) is 33.1 Å². The van der Waals surface area contributed by atoms with E-state index in [1.165, 1.54) is 6.39 Å². The summed E-state index contributed by atoms with van der Waals surface area (Å²) in [5.74, 6) is 0.254. The molecule has 0 aliphatic rings. The summed E-state index contributed by atoms with van der Waals surface area (Å²) in [4.78, 5) is 19.6. The number of thiophene rings is 1. The number of esters is 1. The van der Waals surface area contributed by atoms with Gasteiger partial charge in [-0.3, -0.25) is 0 Å². The molecule has 0 fully saturated rings. The minimum absolute atomic E-state index is 0.301. The molecule has 0 spiro atoms. The summed E-state index contributed by atoms with van der Waals surface area (Å²) in [6.45, 7) is 3.77. The van der Waals surface area contributed by atoms with Gasteiger partial charge in [0, 0.05) is 10.4 Å². The van der Waals surface area contributed by atoms with E-state index in [2.05, 4.69) is 20.3 Å². The van der Waals surface area contributed by atoms with Crippen LogP contribution in [0.2, 0.25) is 0 Å². The molecule has 1 aromatic carbocycles. The first-order chi connectivity index (χ1) is 14.6. The van der Waals surface area contributed by atoms with Gasteiger partial charge in [0.1, 0.15) is 5.75 Å². The van der Waals surface area contributed by atoms with E-state index >= 15 is 0 Å². The number of carbonyl (C=O) groups excluding carboxylic acids is 1. The maximum atomic E-state index is 13.0. The maximum absolute atomic E-state index is 13.0. The third-order valence-corrected chi connectivity index (χ3v) is 5.52. The SMILES string of the molecule is Cc1ccc(-c2cc(C(=O)Oc3ccc(-c4nnco4)cc3)c3c(C)noc3n2)s1. The van der Waals surface area contributed by atoms with Crippen LogP contribution in [0.4, 0.5) is 0 Å². The van der Waals surface area contributed by atoms with Gasteiger partial charge < -0.3 is 13.7 Å². The monoisotopic (exact) mass is 418 g/mol. The van der Waals surface area contributed by atoms with Crippen molar-refractivity contribution in [2.45, 2.75) is 13.8 Å². The van der Waals surface area contributed by atoms with Crippen molar-refractivity contribution >= 4 is 28.4 Å². The molecule has 148 valence electrons. The summed E-state index contributed by atoms with van der Waals surface area (Å²) in [6, 6.07) is 12.5. The molecule has 0 unspecified atom stereocenters. The van der Waals surface area contributed by atoms with E-state index < -0.39 is 5.97 Å². The lowest BCUT2D eigenvalue weighted by atomic mass is 10.1. The number of hydrogen-bond acceptors (Lipinski definition) is 9. The van der Waals surface area contributed by atoms with E-state index in [9.17, 15) is 4.79 Å². The Bertz CT molecular complexity index is 1350. The van der Waals surface area contributed by atoms with E-state index in [4.69, 9.17) is 13.7 Å². The van der Waals surface area contributed by atoms with Crippen LogP contribution in [-0.2, 0) is 0 Å². The molecule has 5 aromatic rings. The van der Waals surface area contributed by atoms with Crippen molar-refractivity contribution < 1.29 is 18.5 Å². The molecular weight excluding hydrogens is 404 g/mol. The molecule has 0 saturated carbocycles. The fourth-order valence-electron chi connectivity index (χ4n) is 3.08. The zero-order valence-corrected chi connectivity index (χ0v) is 16.8. The minimum Gasteiger partial charge on any atom is -0.423 e. The second-order valence-corrected chi connectivity index (χ2v) is 7.86. The van der Waals surface area contributed by atoms with E-state index in [0.717, 1.165) is 15.3 Å². The van der Waals surface area contributed by atoms with Crippen LogP contribution in [0.1, 0.15) is 20.9 Å². The maximum Gasteiger partial charge on any atom is 0.344 e. The third-order valence-electron chi connectivity index (χ3n) is 4.50. The van der Waals surface area contributed by atoms with Crippen LogP contribution in [0, 0.1) is 13.8 Å². The van der Waals surface area contributed by atoms with Gasteiger partial charge in [-0.2, -0.15) is 0 Å². The Morgan fingerprint density at radius 2 is 1.93 bits per heavy atom. The van der Waals surface area contributed by atoms with Gasteiger partial charge in [0.05, 0.1) is 27.2 Å². The highest BCUT2D eigenvalue weighted by molar-refractivity contribution is 7.15. The topological polar surface area (TPSA) is 104 Å². The van der Waals surface area contributed by atoms with Crippen LogP contribution in [-0.4, -0.2) is 26.3 Å². The van der Waals surface area contributed by atoms with Gasteiger partial charge in [0.15, 0.2) is 0 Å². The zero-order valence-electron chi connectivity index (χ0n) is 15.9. The lowest BCUT2D eigenvalue weighted by Gasteiger charge is -2.07. The van der Waals surface area contributed by atoms with Gasteiger partial charge in [-0.1, -0.05) is 5.16 Å². The van der Waals surface area contributed by atoms with E-state index in [1.54, 1.807) is 48.6 Å². The predicted molar refractivity (Wildman–Crippen MR) is 109 cm³/mol. The molecule has 8 nitrogen and oxygen atoms in total. The first kappa shape index (κ1) is 18.2. The number of nitrogens with zero attached hydrogens (tertiary/aromatic N) is 4. The molecule has 0 atom stereocenters. The zero-order chi connectivity index (χ0) is 20.7. The van der Waals surface area contributed by atoms with Crippen LogP contribution in [0.3, 0.4) is 0 Å². The highest BCUT2D eigenvalue weighted by atomic mass is 32.1. The largest absolute Gasteiger partial charge is 0.423 e. The van der Waals surface area contributed by atoms with Crippen LogP contribution >= 0.6 is 11.3 Å². The fraction of sp³-hybridized carbons (Fsp3) is 0.0952. The number of ether oxygens (including phenoxy) is 1. The number of benzene rings is 1. The first-order valence-electron chi connectivity index (χ1n) is 9.01. The molecule has 0 N–H and O–H groups in total. The van der Waals surface area contributed by atoms with Crippen molar-refractivity contribution in [3.63, 3.8) is 0 Å². The summed E-state index contributed by atoms with van der Waals surface area (Å²) in [6.07, 6.45) is 1.26. The number of carbonyl (C=O) groups is 1. The smallest absolute Gasteiger partial charge is 0.344 e. The lowest BCUT2D eigenvalue weighted by Crippen LogP contribution is -2.10. The molecule has 30 heavy (non-hydrogen) atoms. The lowest BCUT2D eigenvalue weighted by molar-refractivity contribution is 0.0736. The van der Waals surface area contributed by atoms with Crippen LogP contribution in [0.5, 0.6) is 5.75 Å². The Hall–Kier alpha value is -3.85. The van der Waals surface area contributed by atoms with Crippen molar-refractivity contribution in [1.82, 2.24) is 20.3 Å². The van der Waals surface area contributed by atoms with Crippen molar-refractivity contribution in [2.24, 2.45) is 0 Å². The molecule has 0 aliphatic heterocycles. The average molecular weight is 418 g/mol. The van der Waals surface area contributed by atoms with Crippen LogP contribution in [0.15, 0.2) is 57.8 Å². The number of fused-ring (bicyclic) bond motifs is 1. The van der Waals surface area contributed by atoms with Gasteiger partial charge in [-0.05, 0) is 56.3 Å². The summed E-state index contributed by atoms with van der Waals surface area (Å²) in [5.41, 5.74) is 2.58. The standard InChI is InChI=1S/C21H14N4O4S/c1-11-3-8-17(30-11)16-9-15(18-12(2)25-29-20(18)23-16)21(26)28-14-6-4-13(5-7-14)19-24-22-10-27-19/h3-10H,1-2H3. The molecule has 0 radical (unpaired) electrons. The summed E-state index contributed by atoms with van der Waals surface area (Å²) >= 11 is 1.58. The van der Waals surface area contributed by atoms with E-state index in [1.807, 2.05) is 19.1 Å². The summed E-state index contributed by atoms with van der Waals surface area (Å²) < 4.78 is 16.1. The molecule has 0 saturated heterocycles. The molecule has 4 heterocycles. The number of rotatable bonds is 4. The first-order valence-corrected chi connectivity index (χ1v) is 9.83. The van der Waals surface area contributed by atoms with Gasteiger partial charge in [0.2, 0.25) is 12.3 Å². The molecule has 4 aromatic heterocycles. The number of pyridine rings is 1. The summed E-state index contributed by atoms with van der Waals surface area (Å²) in [7, 11) is 0. The highest BCUT2D eigenvalue weighted by Gasteiger charge is 2.21. The second-order valence-electron chi connectivity index (χ2n) is 6.57. The Morgan fingerprint density at radius 3 is 2.63 bits per heavy atom. The van der Waals surface area contributed by atoms with Gasteiger partial charge in [-0.15, -0.1) is 21.5 Å². The van der Waals surface area contributed by atoms with Gasteiger partial charge >= 0.3 is 5.97 Å². The average Bonchev–Trinajstić information content (AvgIpc) is 3.50. The molecule has 0 aliphatic carbocycles. The van der Waals surface area contributed by atoms with Crippen molar-refractivity contribution in [3.8, 4) is 27.8 Å². The molecule has 0 amide bonds. The van der Waals surface area contributed by atoms with E-state index in [0.29, 0.717) is 39.7 Å². The quantitative estimate of drug-likeness (QED) is 0.302. The Balaban J connectivity index is 1.50. The molecule has 9 heteroatoms. The fourth-order valence-corrected chi connectivity index (χ4v) is 3.91. The number of hydrogen-bond donors (Lipinski definition) is 0. The normalized spacial score (nSPS) is 11.1. The van der Waals surface area contributed by atoms with Crippen molar-refractivity contribution in [3.05, 3.63) is 65.0 Å². The van der Waals surface area contributed by atoms with Gasteiger partial charge in [-0.25, -0.2) is 9.78 Å². The highest BCUT2D eigenvalue weighted by Crippen LogP contribution is 2.31. The second kappa shape index (κ2) is 7.20. The third kappa shape index (κ3) is 3.25. The Morgan fingerprint density at radius 1 is 1.10 bits per heavy atom. The van der Waals surface area contributed by atoms with E-state index in [-0.39, 0.29) is 0 Å². The minimum atomic E-state index is -0.520. The Labute approximate surface area is 174 Å². The van der Waals surface area contributed by atoms with Crippen molar-refractivity contribution in [2.75, 3.05) is 0 Å². The summed E-state index contributed by atoms with van der Waals surface area (Å²) in [5, 5.41) is 12.0. The predicted octanol–water partition coefficient (Wildman–Crippen LogP) is 4.84. The molecule has 0 bridgehead atoms. The Kier molecular flexibility index (Phi) is 4.36. The van der Waals surface area contributed by atoms with Crippen LogP contribution < -0.4 is 4.74 Å². The molecule has 5 rings (SSSR count). The van der Waals surface area contributed by atoms with Gasteiger partial charge in [0.25, 0.3) is 5.71 Å². The number of aromatic nitrogens is 4.